The van der Waals surface area contributed by atoms with Crippen molar-refractivity contribution in [3.63, 3.8) is 0 Å². The number of allylic oxidation sites excluding steroid dienone is 1. The number of methoxy groups -OCH3 is 1. The molecule has 0 N–H and O–H groups in total. The molecule has 0 amide bonds. The molecule has 1 unspecified atom stereocenters. The largest absolute Gasteiger partial charge is 0.496 e. The summed E-state index contributed by atoms with van der Waals surface area (Å²) in [6.07, 6.45) is 0. The minimum absolute atomic E-state index is 0.418. The molecule has 1 aliphatic rings. The molecule has 0 bridgehead atoms. The Morgan fingerprint density at radius 3 is 2.07 bits per heavy atom. The zero-order valence-electron chi connectivity index (χ0n) is 18.0. The summed E-state index contributed by atoms with van der Waals surface area (Å²) in [5, 5.41) is 2.58. The lowest BCUT2D eigenvalue weighted by atomic mass is 9.67. The highest BCUT2D eigenvalue weighted by atomic mass is 16.5. The Balaban J connectivity index is 1.93. The summed E-state index contributed by atoms with van der Waals surface area (Å²) in [6, 6.07) is 26.6. The zero-order valence-corrected chi connectivity index (χ0v) is 18.0. The van der Waals surface area contributed by atoms with Crippen LogP contribution in [0.2, 0.25) is 0 Å². The predicted molar refractivity (Wildman–Crippen MR) is 127 cm³/mol. The lowest BCUT2D eigenvalue weighted by Gasteiger charge is -2.35. The summed E-state index contributed by atoms with van der Waals surface area (Å²) in [6.45, 7) is 11.2. The van der Waals surface area contributed by atoms with E-state index in [0.717, 1.165) is 16.9 Å². The maximum Gasteiger partial charge on any atom is 0.121 e. The molecule has 4 aromatic rings. The first kappa shape index (κ1) is 18.7. The van der Waals surface area contributed by atoms with Gasteiger partial charge in [0.25, 0.3) is 0 Å². The van der Waals surface area contributed by atoms with E-state index in [0.29, 0.717) is 0 Å². The SMILES string of the molecule is C=C1c2cccc3cccc(c23)C1(c1ccc(C)c(C)c1)c1ccc(OC)c(C)c1. The molecule has 0 fully saturated rings. The van der Waals surface area contributed by atoms with Gasteiger partial charge in [-0.3, -0.25) is 0 Å². The summed E-state index contributed by atoms with van der Waals surface area (Å²) in [7, 11) is 1.73. The van der Waals surface area contributed by atoms with Crippen molar-refractivity contribution >= 4 is 16.3 Å². The quantitative estimate of drug-likeness (QED) is 0.361. The summed E-state index contributed by atoms with van der Waals surface area (Å²) < 4.78 is 5.56. The van der Waals surface area contributed by atoms with Crippen molar-refractivity contribution in [1.82, 2.24) is 0 Å². The lowest BCUT2D eigenvalue weighted by molar-refractivity contribution is 0.411. The van der Waals surface area contributed by atoms with E-state index in [2.05, 4.69) is 93.6 Å². The van der Waals surface area contributed by atoms with Gasteiger partial charge in [0.2, 0.25) is 0 Å². The molecule has 1 atom stereocenters. The van der Waals surface area contributed by atoms with Gasteiger partial charge in [0.15, 0.2) is 0 Å². The molecule has 0 saturated carbocycles. The molecule has 0 spiro atoms. The standard InChI is InChI=1S/C29H26O/c1-18-12-13-23(16-19(18)2)29(24-14-15-27(30-5)20(3)17-24)21(4)25-10-6-8-22-9-7-11-26(29)28(22)25/h6-17H,4H2,1-3,5H3. The van der Waals surface area contributed by atoms with E-state index in [1.54, 1.807) is 7.11 Å². The summed E-state index contributed by atoms with van der Waals surface area (Å²) in [5.41, 5.74) is 9.52. The van der Waals surface area contributed by atoms with Crippen LogP contribution in [0.3, 0.4) is 0 Å². The molecule has 0 saturated heterocycles. The molecule has 0 aromatic heterocycles. The van der Waals surface area contributed by atoms with Crippen LogP contribution >= 0.6 is 0 Å². The minimum atomic E-state index is -0.418. The highest BCUT2D eigenvalue weighted by molar-refractivity contribution is 6.07. The van der Waals surface area contributed by atoms with Gasteiger partial charge in [0.1, 0.15) is 5.75 Å². The van der Waals surface area contributed by atoms with Crippen molar-refractivity contribution in [2.24, 2.45) is 0 Å². The van der Waals surface area contributed by atoms with Gasteiger partial charge in [-0.1, -0.05) is 73.3 Å². The van der Waals surface area contributed by atoms with Gasteiger partial charge in [-0.2, -0.15) is 0 Å². The van der Waals surface area contributed by atoms with Gasteiger partial charge in [0.05, 0.1) is 12.5 Å². The van der Waals surface area contributed by atoms with Gasteiger partial charge in [-0.25, -0.2) is 0 Å². The molecule has 0 radical (unpaired) electrons. The van der Waals surface area contributed by atoms with E-state index < -0.39 is 5.41 Å². The van der Waals surface area contributed by atoms with E-state index in [9.17, 15) is 0 Å². The number of aryl methyl sites for hydroxylation is 3. The van der Waals surface area contributed by atoms with Gasteiger partial charge in [0, 0.05) is 0 Å². The van der Waals surface area contributed by atoms with Crippen molar-refractivity contribution in [3.8, 4) is 5.75 Å². The van der Waals surface area contributed by atoms with Crippen LogP contribution < -0.4 is 4.74 Å². The van der Waals surface area contributed by atoms with Crippen LogP contribution in [-0.4, -0.2) is 7.11 Å². The molecule has 148 valence electrons. The van der Waals surface area contributed by atoms with Crippen molar-refractivity contribution in [1.29, 1.82) is 0 Å². The van der Waals surface area contributed by atoms with Gasteiger partial charge >= 0.3 is 0 Å². The highest BCUT2D eigenvalue weighted by Gasteiger charge is 2.46. The third-order valence-electron chi connectivity index (χ3n) is 6.85. The Hall–Kier alpha value is -3.32. The fourth-order valence-corrected chi connectivity index (χ4v) is 5.18. The second-order valence-electron chi connectivity index (χ2n) is 8.42. The summed E-state index contributed by atoms with van der Waals surface area (Å²) in [5.74, 6) is 0.910. The van der Waals surface area contributed by atoms with E-state index in [4.69, 9.17) is 11.3 Å². The summed E-state index contributed by atoms with van der Waals surface area (Å²) in [4.78, 5) is 0. The van der Waals surface area contributed by atoms with Crippen LogP contribution in [0, 0.1) is 20.8 Å². The van der Waals surface area contributed by atoms with Crippen LogP contribution in [0.1, 0.15) is 38.9 Å². The molecule has 1 nitrogen and oxygen atoms in total. The maximum atomic E-state index is 5.56. The average molecular weight is 391 g/mol. The number of hydrogen-bond donors (Lipinski definition) is 0. The molecule has 1 heteroatoms. The number of ether oxygens (including phenoxy) is 1. The zero-order chi connectivity index (χ0) is 21.0. The molecular formula is C29H26O. The second kappa shape index (κ2) is 6.60. The number of benzene rings is 4. The van der Waals surface area contributed by atoms with Crippen LogP contribution in [0.4, 0.5) is 0 Å². The maximum absolute atomic E-state index is 5.56. The fourth-order valence-electron chi connectivity index (χ4n) is 5.18. The lowest BCUT2D eigenvalue weighted by Crippen LogP contribution is -2.28. The monoisotopic (exact) mass is 390 g/mol. The Morgan fingerprint density at radius 2 is 1.40 bits per heavy atom. The van der Waals surface area contributed by atoms with Crippen LogP contribution in [0.5, 0.6) is 5.75 Å². The Bertz CT molecular complexity index is 1320. The Labute approximate surface area is 178 Å². The smallest absolute Gasteiger partial charge is 0.121 e. The third kappa shape index (κ3) is 2.35. The minimum Gasteiger partial charge on any atom is -0.496 e. The van der Waals surface area contributed by atoms with E-state index in [1.165, 1.54) is 44.2 Å². The number of hydrogen-bond acceptors (Lipinski definition) is 1. The first-order valence-electron chi connectivity index (χ1n) is 10.4. The second-order valence-corrected chi connectivity index (χ2v) is 8.42. The first-order chi connectivity index (χ1) is 14.5. The predicted octanol–water partition coefficient (Wildman–Crippen LogP) is 7.13. The molecule has 0 heterocycles. The van der Waals surface area contributed by atoms with Crippen LogP contribution in [-0.2, 0) is 5.41 Å². The molecule has 30 heavy (non-hydrogen) atoms. The van der Waals surface area contributed by atoms with Gasteiger partial charge in [-0.15, -0.1) is 0 Å². The highest BCUT2D eigenvalue weighted by Crippen LogP contribution is 2.57. The topological polar surface area (TPSA) is 9.23 Å². The molecule has 0 aliphatic heterocycles. The molecule has 4 aromatic carbocycles. The average Bonchev–Trinajstić information content (AvgIpc) is 3.01. The van der Waals surface area contributed by atoms with Crippen LogP contribution in [0.25, 0.3) is 16.3 Å². The molecule has 1 aliphatic carbocycles. The van der Waals surface area contributed by atoms with Crippen molar-refractivity contribution in [3.05, 3.63) is 118 Å². The van der Waals surface area contributed by atoms with Gasteiger partial charge < -0.3 is 4.74 Å². The Morgan fingerprint density at radius 1 is 0.733 bits per heavy atom. The van der Waals surface area contributed by atoms with Gasteiger partial charge in [-0.05, 0) is 82.1 Å². The van der Waals surface area contributed by atoms with E-state index in [-0.39, 0.29) is 0 Å². The van der Waals surface area contributed by atoms with Crippen molar-refractivity contribution in [2.45, 2.75) is 26.2 Å². The molecular weight excluding hydrogens is 364 g/mol. The van der Waals surface area contributed by atoms with E-state index in [1.807, 2.05) is 0 Å². The van der Waals surface area contributed by atoms with E-state index >= 15 is 0 Å². The van der Waals surface area contributed by atoms with Crippen molar-refractivity contribution < 1.29 is 4.74 Å². The molecule has 5 rings (SSSR count). The normalized spacial score (nSPS) is 17.5. The Kier molecular flexibility index (Phi) is 4.11. The van der Waals surface area contributed by atoms with Crippen molar-refractivity contribution in [2.75, 3.05) is 7.11 Å². The first-order valence-corrected chi connectivity index (χ1v) is 10.4. The fraction of sp³-hybridized carbons (Fsp3) is 0.172. The third-order valence-corrected chi connectivity index (χ3v) is 6.85. The summed E-state index contributed by atoms with van der Waals surface area (Å²) >= 11 is 0. The van der Waals surface area contributed by atoms with Crippen LogP contribution in [0.15, 0.2) is 79.4 Å². The number of rotatable bonds is 3.